The largest absolute Gasteiger partial charge is 0.458 e. The average Bonchev–Trinajstić information content (AvgIpc) is 2.95. The highest BCUT2D eigenvalue weighted by atomic mass is 16.6. The summed E-state index contributed by atoms with van der Waals surface area (Å²) in [6, 6.07) is 17.2. The highest BCUT2D eigenvalue weighted by Gasteiger charge is 2.65. The van der Waals surface area contributed by atoms with Crippen LogP contribution in [0.4, 0.5) is 0 Å². The van der Waals surface area contributed by atoms with Crippen LogP contribution in [0, 0.1) is 11.8 Å². The molecule has 2 nitrogen and oxygen atoms in total. The average molecular weight is 342 g/mol. The molecule has 2 heteroatoms. The molecular weight excluding hydrogens is 320 g/mol. The summed E-state index contributed by atoms with van der Waals surface area (Å²) in [4.78, 5) is 13.1. The standard InChI is InChI=1S/C24H22O2/c1-3-13-24(14-4-2)22-20-17-11-7-5-9-15(17)19(21(22)23(25)26-24)16-10-6-8-12-18(16)20/h3-12,19-22H,1-2,13-14H2. The SMILES string of the molecule is C=CCC1(CC=C)OC(=O)C2C3c4ccccc4C(c4ccccc43)C21. The van der Waals surface area contributed by atoms with Crippen LogP contribution < -0.4 is 0 Å². The molecule has 3 aliphatic carbocycles. The summed E-state index contributed by atoms with van der Waals surface area (Å²) in [5, 5.41) is 0. The summed E-state index contributed by atoms with van der Waals surface area (Å²) in [5.74, 6) is 0.216. The van der Waals surface area contributed by atoms with Crippen molar-refractivity contribution in [1.82, 2.24) is 0 Å². The highest BCUT2D eigenvalue weighted by molar-refractivity contribution is 5.82. The van der Waals surface area contributed by atoms with Gasteiger partial charge in [0.25, 0.3) is 0 Å². The number of carbonyl (C=O) groups excluding carboxylic acids is 1. The van der Waals surface area contributed by atoms with Gasteiger partial charge in [-0.1, -0.05) is 60.7 Å². The smallest absolute Gasteiger partial charge is 0.310 e. The van der Waals surface area contributed by atoms with E-state index in [0.29, 0.717) is 12.8 Å². The molecule has 2 bridgehead atoms. The minimum Gasteiger partial charge on any atom is -0.458 e. The first-order chi connectivity index (χ1) is 12.7. The highest BCUT2D eigenvalue weighted by Crippen LogP contribution is 2.65. The monoisotopic (exact) mass is 342 g/mol. The van der Waals surface area contributed by atoms with Crippen LogP contribution in [-0.2, 0) is 9.53 Å². The van der Waals surface area contributed by atoms with Gasteiger partial charge in [0, 0.05) is 30.6 Å². The fourth-order valence-electron chi connectivity index (χ4n) is 5.86. The lowest BCUT2D eigenvalue weighted by molar-refractivity contribution is -0.150. The van der Waals surface area contributed by atoms with Gasteiger partial charge in [0.05, 0.1) is 5.92 Å². The second-order valence-electron chi connectivity index (χ2n) is 7.74. The Morgan fingerprint density at radius 3 is 1.77 bits per heavy atom. The Bertz CT molecular complexity index is 868. The Hall–Kier alpha value is -2.61. The van der Waals surface area contributed by atoms with E-state index >= 15 is 0 Å². The molecule has 1 saturated heterocycles. The van der Waals surface area contributed by atoms with E-state index in [4.69, 9.17) is 4.74 Å². The molecular formula is C24H22O2. The van der Waals surface area contributed by atoms with Crippen LogP contribution in [0.25, 0.3) is 0 Å². The Morgan fingerprint density at radius 1 is 0.846 bits per heavy atom. The summed E-state index contributed by atoms with van der Waals surface area (Å²) in [6.07, 6.45) is 5.11. The molecule has 2 aromatic rings. The van der Waals surface area contributed by atoms with E-state index in [1.165, 1.54) is 22.3 Å². The molecule has 130 valence electrons. The van der Waals surface area contributed by atoms with Gasteiger partial charge in [-0.25, -0.2) is 0 Å². The molecule has 1 heterocycles. The lowest BCUT2D eigenvalue weighted by atomic mass is 9.51. The number of benzene rings is 2. The van der Waals surface area contributed by atoms with Gasteiger partial charge in [0.15, 0.2) is 0 Å². The maximum absolute atomic E-state index is 13.1. The minimum atomic E-state index is -0.533. The van der Waals surface area contributed by atoms with Crippen LogP contribution in [0.15, 0.2) is 73.8 Å². The third-order valence-corrected chi connectivity index (χ3v) is 6.60. The fourth-order valence-corrected chi connectivity index (χ4v) is 5.86. The van der Waals surface area contributed by atoms with Gasteiger partial charge in [-0.05, 0) is 22.3 Å². The van der Waals surface area contributed by atoms with Crippen molar-refractivity contribution in [2.24, 2.45) is 11.8 Å². The molecule has 26 heavy (non-hydrogen) atoms. The maximum atomic E-state index is 13.1. The van der Waals surface area contributed by atoms with Crippen molar-refractivity contribution in [2.45, 2.75) is 30.3 Å². The molecule has 0 N–H and O–H groups in total. The van der Waals surface area contributed by atoms with Crippen molar-refractivity contribution in [1.29, 1.82) is 0 Å². The van der Waals surface area contributed by atoms with Gasteiger partial charge in [-0.15, -0.1) is 13.2 Å². The van der Waals surface area contributed by atoms with E-state index in [9.17, 15) is 4.79 Å². The van der Waals surface area contributed by atoms with Gasteiger partial charge < -0.3 is 4.74 Å². The number of carbonyl (C=O) groups is 1. The number of hydrogen-bond acceptors (Lipinski definition) is 2. The molecule has 0 aromatic heterocycles. The van der Waals surface area contributed by atoms with Crippen molar-refractivity contribution in [3.05, 3.63) is 96.1 Å². The molecule has 4 aliphatic rings. The van der Waals surface area contributed by atoms with Crippen molar-refractivity contribution >= 4 is 5.97 Å². The lowest BCUT2D eigenvalue weighted by Crippen LogP contribution is -2.47. The van der Waals surface area contributed by atoms with E-state index in [2.05, 4.69) is 61.7 Å². The molecule has 2 aromatic carbocycles. The first-order valence-electron chi connectivity index (χ1n) is 9.34. The molecule has 0 spiro atoms. The van der Waals surface area contributed by atoms with Gasteiger partial charge >= 0.3 is 5.97 Å². The summed E-state index contributed by atoms with van der Waals surface area (Å²) < 4.78 is 6.14. The molecule has 6 rings (SSSR count). The molecule has 0 radical (unpaired) electrons. The summed E-state index contributed by atoms with van der Waals surface area (Å²) in [7, 11) is 0. The minimum absolute atomic E-state index is 0.0577. The molecule has 0 saturated carbocycles. The first kappa shape index (κ1) is 15.6. The predicted molar refractivity (Wildman–Crippen MR) is 102 cm³/mol. The number of esters is 1. The number of ether oxygens (including phenoxy) is 1. The molecule has 2 unspecified atom stereocenters. The van der Waals surface area contributed by atoms with Crippen LogP contribution in [-0.4, -0.2) is 11.6 Å². The van der Waals surface area contributed by atoms with E-state index < -0.39 is 5.60 Å². The van der Waals surface area contributed by atoms with Crippen LogP contribution >= 0.6 is 0 Å². The van der Waals surface area contributed by atoms with E-state index in [1.54, 1.807) is 0 Å². The van der Waals surface area contributed by atoms with Crippen molar-refractivity contribution < 1.29 is 9.53 Å². The van der Waals surface area contributed by atoms with Crippen molar-refractivity contribution in [3.63, 3.8) is 0 Å². The van der Waals surface area contributed by atoms with Crippen LogP contribution in [0.2, 0.25) is 0 Å². The zero-order valence-electron chi connectivity index (χ0n) is 14.7. The number of cyclic esters (lactones) is 1. The first-order valence-corrected chi connectivity index (χ1v) is 9.34. The summed E-state index contributed by atoms with van der Waals surface area (Å²) >= 11 is 0. The Morgan fingerprint density at radius 2 is 1.31 bits per heavy atom. The number of hydrogen-bond donors (Lipinski definition) is 0. The van der Waals surface area contributed by atoms with E-state index in [-0.39, 0.29) is 29.6 Å². The zero-order valence-corrected chi connectivity index (χ0v) is 14.7. The third-order valence-electron chi connectivity index (χ3n) is 6.60. The van der Waals surface area contributed by atoms with E-state index in [1.807, 2.05) is 12.2 Å². The third kappa shape index (κ3) is 1.79. The summed E-state index contributed by atoms with van der Waals surface area (Å²) in [5.41, 5.74) is 4.77. The lowest BCUT2D eigenvalue weighted by Gasteiger charge is -2.50. The Labute approximate surface area is 154 Å². The molecule has 2 atom stereocenters. The van der Waals surface area contributed by atoms with Crippen molar-refractivity contribution in [3.8, 4) is 0 Å². The maximum Gasteiger partial charge on any atom is 0.310 e. The quantitative estimate of drug-likeness (QED) is 0.580. The van der Waals surface area contributed by atoms with Crippen LogP contribution in [0.3, 0.4) is 0 Å². The van der Waals surface area contributed by atoms with Crippen LogP contribution in [0.5, 0.6) is 0 Å². The van der Waals surface area contributed by atoms with Crippen molar-refractivity contribution in [2.75, 3.05) is 0 Å². The Kier molecular flexibility index (Phi) is 3.27. The molecule has 1 aliphatic heterocycles. The fraction of sp³-hybridized carbons (Fsp3) is 0.292. The second-order valence-corrected chi connectivity index (χ2v) is 7.74. The summed E-state index contributed by atoms with van der Waals surface area (Å²) in [6.45, 7) is 7.88. The predicted octanol–water partition coefficient (Wildman–Crippen LogP) is 4.96. The topological polar surface area (TPSA) is 26.3 Å². The van der Waals surface area contributed by atoms with Gasteiger partial charge in [0.1, 0.15) is 5.60 Å². The normalized spacial score (nSPS) is 29.3. The molecule has 1 fully saturated rings. The van der Waals surface area contributed by atoms with Gasteiger partial charge in [-0.3, -0.25) is 4.79 Å². The number of rotatable bonds is 4. The van der Waals surface area contributed by atoms with E-state index in [0.717, 1.165) is 0 Å². The molecule has 0 amide bonds. The van der Waals surface area contributed by atoms with Gasteiger partial charge in [-0.2, -0.15) is 0 Å². The van der Waals surface area contributed by atoms with Crippen LogP contribution in [0.1, 0.15) is 46.9 Å². The van der Waals surface area contributed by atoms with Gasteiger partial charge in [0.2, 0.25) is 0 Å². The Balaban J connectivity index is 1.80. The zero-order chi connectivity index (χ0) is 17.9. The second kappa shape index (κ2) is 5.44.